The maximum atomic E-state index is 12.0. The van der Waals surface area contributed by atoms with Crippen LogP contribution in [0.2, 0.25) is 0 Å². The number of sulfonamides is 1. The van der Waals surface area contributed by atoms with Gasteiger partial charge in [0.2, 0.25) is 10.0 Å². The molecule has 0 atom stereocenters. The molecule has 1 heterocycles. The smallest absolute Gasteiger partial charge is 0.240 e. The van der Waals surface area contributed by atoms with Crippen LogP contribution in [0.4, 0.5) is 0 Å². The third-order valence-electron chi connectivity index (χ3n) is 2.34. The summed E-state index contributed by atoms with van der Waals surface area (Å²) in [6.45, 7) is 2.47. The number of nitrogens with zero attached hydrogens (tertiary/aromatic N) is 2. The molecule has 0 aliphatic rings. The standard InChI is InChI=1S/C11H14N4O3S/c1-2-18-9-3-5-10(6-4-9)19(16,17)14-7-11-12-8-13-15-11/h3-6,8,14H,2,7H2,1H3,(H,12,13,15). The summed E-state index contributed by atoms with van der Waals surface area (Å²) in [4.78, 5) is 4.01. The molecule has 0 saturated heterocycles. The molecule has 2 rings (SSSR count). The van der Waals surface area contributed by atoms with E-state index in [1.807, 2.05) is 6.92 Å². The van der Waals surface area contributed by atoms with Crippen LogP contribution >= 0.6 is 0 Å². The van der Waals surface area contributed by atoms with Gasteiger partial charge in [0.15, 0.2) is 0 Å². The highest BCUT2D eigenvalue weighted by Gasteiger charge is 2.14. The predicted octanol–water partition coefficient (Wildman–Crippen LogP) is 0.682. The van der Waals surface area contributed by atoms with Gasteiger partial charge in [0.1, 0.15) is 17.9 Å². The molecule has 1 aromatic heterocycles. The van der Waals surface area contributed by atoms with Crippen molar-refractivity contribution in [1.29, 1.82) is 0 Å². The van der Waals surface area contributed by atoms with Crippen LogP contribution in [0, 0.1) is 0 Å². The lowest BCUT2D eigenvalue weighted by Crippen LogP contribution is -2.23. The Kier molecular flexibility index (Phi) is 4.13. The first-order chi connectivity index (χ1) is 9.12. The zero-order valence-corrected chi connectivity index (χ0v) is 11.1. The highest BCUT2D eigenvalue weighted by molar-refractivity contribution is 7.89. The summed E-state index contributed by atoms with van der Waals surface area (Å²) in [6, 6.07) is 6.22. The van der Waals surface area contributed by atoms with Crippen molar-refractivity contribution >= 4 is 10.0 Å². The van der Waals surface area contributed by atoms with Crippen LogP contribution < -0.4 is 9.46 Å². The number of rotatable bonds is 6. The van der Waals surface area contributed by atoms with Gasteiger partial charge in [-0.25, -0.2) is 18.1 Å². The zero-order valence-electron chi connectivity index (χ0n) is 10.3. The third kappa shape index (κ3) is 3.52. The van der Waals surface area contributed by atoms with Crippen LogP contribution in [-0.2, 0) is 16.6 Å². The van der Waals surface area contributed by atoms with Crippen LogP contribution in [-0.4, -0.2) is 30.2 Å². The monoisotopic (exact) mass is 282 g/mol. The lowest BCUT2D eigenvalue weighted by Gasteiger charge is -2.07. The lowest BCUT2D eigenvalue weighted by atomic mass is 10.3. The molecule has 0 bridgehead atoms. The topological polar surface area (TPSA) is 97.0 Å². The average Bonchev–Trinajstić information content (AvgIpc) is 2.91. The number of ether oxygens (including phenoxy) is 1. The van der Waals surface area contributed by atoms with Gasteiger partial charge in [0.25, 0.3) is 0 Å². The average molecular weight is 282 g/mol. The van der Waals surface area contributed by atoms with E-state index in [0.29, 0.717) is 18.2 Å². The number of H-pyrrole nitrogens is 1. The van der Waals surface area contributed by atoms with Gasteiger partial charge < -0.3 is 4.74 Å². The normalized spacial score (nSPS) is 11.4. The molecule has 102 valence electrons. The van der Waals surface area contributed by atoms with E-state index in [0.717, 1.165) is 0 Å². The molecule has 0 saturated carbocycles. The first-order valence-corrected chi connectivity index (χ1v) is 7.17. The Bertz CT molecular complexity index is 608. The summed E-state index contributed by atoms with van der Waals surface area (Å²) in [5, 5.41) is 6.22. The minimum Gasteiger partial charge on any atom is -0.494 e. The van der Waals surface area contributed by atoms with Crippen LogP contribution in [0.5, 0.6) is 5.75 Å². The molecule has 0 amide bonds. The summed E-state index contributed by atoms with van der Waals surface area (Å²) in [5.74, 6) is 1.09. The van der Waals surface area contributed by atoms with Crippen LogP contribution in [0.3, 0.4) is 0 Å². The van der Waals surface area contributed by atoms with E-state index in [9.17, 15) is 8.42 Å². The fourth-order valence-corrected chi connectivity index (χ4v) is 2.43. The fourth-order valence-electron chi connectivity index (χ4n) is 1.44. The number of benzene rings is 1. The molecular formula is C11H14N4O3S. The molecule has 0 fully saturated rings. The van der Waals surface area contributed by atoms with Gasteiger partial charge in [0, 0.05) is 0 Å². The Labute approximate surface area is 111 Å². The number of hydrogen-bond acceptors (Lipinski definition) is 5. The molecule has 7 nitrogen and oxygen atoms in total. The van der Waals surface area contributed by atoms with E-state index >= 15 is 0 Å². The molecule has 2 aromatic rings. The van der Waals surface area contributed by atoms with E-state index in [2.05, 4.69) is 19.9 Å². The maximum absolute atomic E-state index is 12.0. The summed E-state index contributed by atoms with van der Waals surface area (Å²) < 4.78 is 31.6. The molecule has 2 N–H and O–H groups in total. The van der Waals surface area contributed by atoms with E-state index < -0.39 is 10.0 Å². The number of hydrogen-bond donors (Lipinski definition) is 2. The van der Waals surface area contributed by atoms with E-state index in [-0.39, 0.29) is 11.4 Å². The quantitative estimate of drug-likeness (QED) is 0.812. The van der Waals surface area contributed by atoms with Crippen LogP contribution in [0.15, 0.2) is 35.5 Å². The summed E-state index contributed by atoms with van der Waals surface area (Å²) in [7, 11) is -3.56. The van der Waals surface area contributed by atoms with Gasteiger partial charge in [-0.3, -0.25) is 5.10 Å². The molecule has 19 heavy (non-hydrogen) atoms. The Balaban J connectivity index is 2.06. The van der Waals surface area contributed by atoms with E-state index in [4.69, 9.17) is 4.74 Å². The summed E-state index contributed by atoms with van der Waals surface area (Å²) in [6.07, 6.45) is 1.32. The Morgan fingerprint density at radius 2 is 2.05 bits per heavy atom. The Morgan fingerprint density at radius 3 is 2.63 bits per heavy atom. The predicted molar refractivity (Wildman–Crippen MR) is 68.0 cm³/mol. The van der Waals surface area contributed by atoms with Gasteiger partial charge >= 0.3 is 0 Å². The number of nitrogens with one attached hydrogen (secondary N) is 2. The molecule has 0 aliphatic carbocycles. The first kappa shape index (κ1) is 13.5. The van der Waals surface area contributed by atoms with Crippen molar-refractivity contribution in [3.05, 3.63) is 36.4 Å². The molecule has 0 aliphatic heterocycles. The number of aromatic nitrogens is 3. The lowest BCUT2D eigenvalue weighted by molar-refractivity contribution is 0.340. The first-order valence-electron chi connectivity index (χ1n) is 5.68. The molecule has 0 spiro atoms. The van der Waals surface area contributed by atoms with Crippen molar-refractivity contribution in [2.24, 2.45) is 0 Å². The van der Waals surface area contributed by atoms with Crippen LogP contribution in [0.25, 0.3) is 0 Å². The van der Waals surface area contributed by atoms with Crippen molar-refractivity contribution in [3.8, 4) is 5.75 Å². The van der Waals surface area contributed by atoms with Gasteiger partial charge in [-0.05, 0) is 31.2 Å². The summed E-state index contributed by atoms with van der Waals surface area (Å²) >= 11 is 0. The molecule has 8 heteroatoms. The van der Waals surface area contributed by atoms with Gasteiger partial charge in [0.05, 0.1) is 18.0 Å². The maximum Gasteiger partial charge on any atom is 0.240 e. The second-order valence-electron chi connectivity index (χ2n) is 3.66. The SMILES string of the molecule is CCOc1ccc(S(=O)(=O)NCc2ncn[nH]2)cc1. The fraction of sp³-hybridized carbons (Fsp3) is 0.273. The largest absolute Gasteiger partial charge is 0.494 e. The zero-order chi connectivity index (χ0) is 13.7. The van der Waals surface area contributed by atoms with E-state index in [1.54, 1.807) is 12.1 Å². The summed E-state index contributed by atoms with van der Waals surface area (Å²) in [5.41, 5.74) is 0. The molecular weight excluding hydrogens is 268 g/mol. The van der Waals surface area contributed by atoms with Crippen molar-refractivity contribution < 1.29 is 13.2 Å². The van der Waals surface area contributed by atoms with Crippen molar-refractivity contribution in [2.75, 3.05) is 6.61 Å². The molecule has 0 unspecified atom stereocenters. The highest BCUT2D eigenvalue weighted by Crippen LogP contribution is 2.15. The van der Waals surface area contributed by atoms with Gasteiger partial charge in [-0.2, -0.15) is 5.10 Å². The van der Waals surface area contributed by atoms with Gasteiger partial charge in [-0.1, -0.05) is 0 Å². The van der Waals surface area contributed by atoms with Crippen molar-refractivity contribution in [1.82, 2.24) is 19.9 Å². The Morgan fingerprint density at radius 1 is 1.32 bits per heavy atom. The highest BCUT2D eigenvalue weighted by atomic mass is 32.2. The third-order valence-corrected chi connectivity index (χ3v) is 3.76. The van der Waals surface area contributed by atoms with Crippen molar-refractivity contribution in [3.63, 3.8) is 0 Å². The van der Waals surface area contributed by atoms with Gasteiger partial charge in [-0.15, -0.1) is 0 Å². The van der Waals surface area contributed by atoms with E-state index in [1.165, 1.54) is 18.5 Å². The Hall–Kier alpha value is -1.93. The van der Waals surface area contributed by atoms with Crippen LogP contribution in [0.1, 0.15) is 12.7 Å². The molecule has 0 radical (unpaired) electrons. The van der Waals surface area contributed by atoms with Crippen molar-refractivity contribution in [2.45, 2.75) is 18.4 Å². The number of aromatic amines is 1. The minimum atomic E-state index is -3.56. The second-order valence-corrected chi connectivity index (χ2v) is 5.43. The molecule has 1 aromatic carbocycles. The second kappa shape index (κ2) is 5.81. The minimum absolute atomic E-state index is 0.0650.